The van der Waals surface area contributed by atoms with Crippen LogP contribution in [0, 0.1) is 12.3 Å². The van der Waals surface area contributed by atoms with E-state index in [0.717, 1.165) is 16.5 Å². The predicted octanol–water partition coefficient (Wildman–Crippen LogP) is 4.65. The monoisotopic (exact) mass is 439 g/mol. The maximum atomic E-state index is 13.2. The van der Waals surface area contributed by atoms with Crippen LogP contribution in [-0.4, -0.2) is 28.3 Å². The van der Waals surface area contributed by atoms with Gasteiger partial charge in [0.05, 0.1) is 30.6 Å². The molecule has 0 N–H and O–H groups in total. The smallest absolute Gasteiger partial charge is 0.348 e. The Bertz CT molecular complexity index is 1380. The van der Waals surface area contributed by atoms with Crippen LogP contribution in [0.5, 0.6) is 11.6 Å². The number of pyridine rings is 1. The minimum atomic E-state index is -0.354. The van der Waals surface area contributed by atoms with E-state index < -0.39 is 0 Å². The van der Waals surface area contributed by atoms with Crippen LogP contribution in [0.3, 0.4) is 0 Å². The first kappa shape index (κ1) is 22.1. The number of hydrogen-bond acceptors (Lipinski definition) is 5. The zero-order valence-corrected chi connectivity index (χ0v) is 18.9. The van der Waals surface area contributed by atoms with Crippen LogP contribution >= 0.6 is 0 Å². The predicted molar refractivity (Wildman–Crippen MR) is 130 cm³/mol. The lowest BCUT2D eigenvalue weighted by Gasteiger charge is -2.15. The molecule has 0 aliphatic rings. The molecule has 4 aromatic rings. The van der Waals surface area contributed by atoms with E-state index in [1.807, 2.05) is 36.4 Å². The maximum Gasteiger partial charge on any atom is 0.348 e. The average Bonchev–Trinajstić information content (AvgIpc) is 2.84. The molecule has 0 radical (unpaired) electrons. The topological polar surface area (TPSA) is 66.2 Å². The van der Waals surface area contributed by atoms with Gasteiger partial charge in [-0.3, -0.25) is 4.57 Å². The SMILES string of the molecule is C#CCOc1ccc2c(c1)c(-c1ccc(C(C)C)cc1)nc(=O)n2Cc1cccc(OC)n1. The summed E-state index contributed by atoms with van der Waals surface area (Å²) in [4.78, 5) is 22.1. The van der Waals surface area contributed by atoms with Gasteiger partial charge in [0.15, 0.2) is 0 Å². The molecule has 0 saturated carbocycles. The molecule has 0 spiro atoms. The third kappa shape index (κ3) is 4.73. The van der Waals surface area contributed by atoms with Gasteiger partial charge in [0.1, 0.15) is 12.4 Å². The lowest BCUT2D eigenvalue weighted by Crippen LogP contribution is -2.25. The molecule has 0 unspecified atom stereocenters. The van der Waals surface area contributed by atoms with Gasteiger partial charge in [-0.05, 0) is 35.7 Å². The van der Waals surface area contributed by atoms with E-state index in [1.54, 1.807) is 23.8 Å². The fourth-order valence-electron chi connectivity index (χ4n) is 3.69. The second-order valence-electron chi connectivity index (χ2n) is 7.95. The van der Waals surface area contributed by atoms with Crippen molar-refractivity contribution in [3.8, 4) is 35.2 Å². The fourth-order valence-corrected chi connectivity index (χ4v) is 3.69. The molecule has 2 aromatic carbocycles. The molecule has 0 amide bonds. The van der Waals surface area contributed by atoms with Crippen molar-refractivity contribution in [1.29, 1.82) is 0 Å². The van der Waals surface area contributed by atoms with Crippen LogP contribution in [0.2, 0.25) is 0 Å². The second kappa shape index (κ2) is 9.58. The Morgan fingerprint density at radius 1 is 1.06 bits per heavy atom. The molecule has 0 aliphatic carbocycles. The van der Waals surface area contributed by atoms with Crippen molar-refractivity contribution in [2.75, 3.05) is 13.7 Å². The van der Waals surface area contributed by atoms with Gasteiger partial charge in [-0.2, -0.15) is 4.98 Å². The summed E-state index contributed by atoms with van der Waals surface area (Å²) in [5.74, 6) is 4.00. The molecule has 166 valence electrons. The molecule has 0 atom stereocenters. The van der Waals surface area contributed by atoms with E-state index >= 15 is 0 Å². The van der Waals surface area contributed by atoms with Gasteiger partial charge in [-0.25, -0.2) is 9.78 Å². The molecule has 2 aromatic heterocycles. The highest BCUT2D eigenvalue weighted by Gasteiger charge is 2.15. The molecule has 0 aliphatic heterocycles. The standard InChI is InChI=1S/C27H25N3O3/c1-5-15-33-22-13-14-24-23(16-22)26(20-11-9-19(10-12-20)18(2)3)29-27(31)30(24)17-21-7-6-8-25(28-21)32-4/h1,6-14,16,18H,15,17H2,2-4H3. The Morgan fingerprint density at radius 2 is 1.85 bits per heavy atom. The highest BCUT2D eigenvalue weighted by atomic mass is 16.5. The molecule has 0 fully saturated rings. The van der Waals surface area contributed by atoms with Crippen molar-refractivity contribution in [2.24, 2.45) is 0 Å². The van der Waals surface area contributed by atoms with Crippen molar-refractivity contribution < 1.29 is 9.47 Å². The minimum Gasteiger partial charge on any atom is -0.481 e. The molecule has 0 bridgehead atoms. The number of hydrogen-bond donors (Lipinski definition) is 0. The number of benzene rings is 2. The third-order valence-corrected chi connectivity index (χ3v) is 5.44. The first-order chi connectivity index (χ1) is 16.0. The number of aromatic nitrogens is 3. The zero-order chi connectivity index (χ0) is 23.4. The molecule has 0 saturated heterocycles. The van der Waals surface area contributed by atoms with E-state index in [4.69, 9.17) is 15.9 Å². The van der Waals surface area contributed by atoms with Gasteiger partial charge in [0, 0.05) is 17.0 Å². The van der Waals surface area contributed by atoms with Crippen LogP contribution in [0.15, 0.2) is 65.5 Å². The molecular weight excluding hydrogens is 414 g/mol. The Kier molecular flexibility index (Phi) is 6.41. The number of nitrogens with zero attached hydrogens (tertiary/aromatic N) is 3. The quantitative estimate of drug-likeness (QED) is 0.392. The summed E-state index contributed by atoms with van der Waals surface area (Å²) in [7, 11) is 1.56. The first-order valence-electron chi connectivity index (χ1n) is 10.7. The summed E-state index contributed by atoms with van der Waals surface area (Å²) in [5, 5.41) is 0.796. The minimum absolute atomic E-state index is 0.157. The third-order valence-electron chi connectivity index (χ3n) is 5.44. The van der Waals surface area contributed by atoms with E-state index in [2.05, 4.69) is 41.9 Å². The number of fused-ring (bicyclic) bond motifs is 1. The summed E-state index contributed by atoms with van der Waals surface area (Å²) < 4.78 is 12.5. The van der Waals surface area contributed by atoms with E-state index in [9.17, 15) is 4.79 Å². The van der Waals surface area contributed by atoms with Crippen LogP contribution in [0.25, 0.3) is 22.2 Å². The van der Waals surface area contributed by atoms with Gasteiger partial charge < -0.3 is 9.47 Å². The molecule has 6 heteroatoms. The summed E-state index contributed by atoms with van der Waals surface area (Å²) in [6, 6.07) is 19.1. The Labute approximate surface area is 192 Å². The number of terminal acetylenes is 1. The van der Waals surface area contributed by atoms with Crippen molar-refractivity contribution in [3.05, 3.63) is 82.4 Å². The Balaban J connectivity index is 1.88. The van der Waals surface area contributed by atoms with Crippen LogP contribution in [0.4, 0.5) is 0 Å². The lowest BCUT2D eigenvalue weighted by atomic mass is 9.99. The fraction of sp³-hybridized carbons (Fsp3) is 0.222. The summed E-state index contributed by atoms with van der Waals surface area (Å²) in [5.41, 5.74) is 3.76. The van der Waals surface area contributed by atoms with E-state index in [1.165, 1.54) is 5.56 Å². The highest BCUT2D eigenvalue weighted by Crippen LogP contribution is 2.30. The van der Waals surface area contributed by atoms with E-state index in [0.29, 0.717) is 28.9 Å². The largest absolute Gasteiger partial charge is 0.481 e. The maximum absolute atomic E-state index is 13.2. The van der Waals surface area contributed by atoms with Crippen LogP contribution in [-0.2, 0) is 6.54 Å². The van der Waals surface area contributed by atoms with Crippen molar-refractivity contribution in [1.82, 2.24) is 14.5 Å². The molecule has 2 heterocycles. The highest BCUT2D eigenvalue weighted by molar-refractivity contribution is 5.93. The summed E-state index contributed by atoms with van der Waals surface area (Å²) in [6.07, 6.45) is 5.35. The number of rotatable bonds is 7. The summed E-state index contributed by atoms with van der Waals surface area (Å²) in [6.45, 7) is 4.71. The summed E-state index contributed by atoms with van der Waals surface area (Å²) >= 11 is 0. The molecule has 6 nitrogen and oxygen atoms in total. The first-order valence-corrected chi connectivity index (χ1v) is 10.7. The number of methoxy groups -OCH3 is 1. The second-order valence-corrected chi connectivity index (χ2v) is 7.95. The van der Waals surface area contributed by atoms with Crippen LogP contribution < -0.4 is 15.2 Å². The molecule has 4 rings (SSSR count). The number of ether oxygens (including phenoxy) is 2. The van der Waals surface area contributed by atoms with Gasteiger partial charge in [0.25, 0.3) is 0 Å². The molecular formula is C27H25N3O3. The Hall–Kier alpha value is -4.11. The van der Waals surface area contributed by atoms with Gasteiger partial charge in [-0.15, -0.1) is 6.42 Å². The lowest BCUT2D eigenvalue weighted by molar-refractivity contribution is 0.371. The Morgan fingerprint density at radius 3 is 2.55 bits per heavy atom. The van der Waals surface area contributed by atoms with Crippen molar-refractivity contribution >= 4 is 10.9 Å². The van der Waals surface area contributed by atoms with Crippen LogP contribution in [0.1, 0.15) is 31.0 Å². The van der Waals surface area contributed by atoms with E-state index in [-0.39, 0.29) is 18.8 Å². The zero-order valence-electron chi connectivity index (χ0n) is 18.9. The van der Waals surface area contributed by atoms with Gasteiger partial charge in [-0.1, -0.05) is 50.1 Å². The normalized spacial score (nSPS) is 10.9. The molecule has 33 heavy (non-hydrogen) atoms. The average molecular weight is 440 g/mol. The van der Waals surface area contributed by atoms with Crippen molar-refractivity contribution in [2.45, 2.75) is 26.3 Å². The van der Waals surface area contributed by atoms with Gasteiger partial charge in [0.2, 0.25) is 5.88 Å². The van der Waals surface area contributed by atoms with Crippen molar-refractivity contribution in [3.63, 3.8) is 0 Å². The van der Waals surface area contributed by atoms with Gasteiger partial charge >= 0.3 is 5.69 Å².